The molecular weight excluding hydrogens is 232 g/mol. The molecule has 0 saturated heterocycles. The molecule has 0 atom stereocenters. The second kappa shape index (κ2) is 3.18. The van der Waals surface area contributed by atoms with Crippen LogP contribution in [-0.2, 0) is 0 Å². The lowest BCUT2D eigenvalue weighted by Gasteiger charge is -2.04. The number of anilines is 1. The average Bonchev–Trinajstić information content (AvgIpc) is 2.56. The Morgan fingerprint density at radius 3 is 2.54 bits per heavy atom. The molecule has 0 amide bonds. The Morgan fingerprint density at radius 2 is 1.92 bits per heavy atom. The molecule has 13 heavy (non-hydrogen) atoms. The molecule has 0 fully saturated rings. The van der Waals surface area contributed by atoms with E-state index in [2.05, 4.69) is 26.1 Å². The van der Waals surface area contributed by atoms with Gasteiger partial charge in [-0.1, -0.05) is 0 Å². The van der Waals surface area contributed by atoms with E-state index in [-0.39, 0.29) is 0 Å². The zero-order valence-corrected chi connectivity index (χ0v) is 8.27. The number of halogens is 1. The summed E-state index contributed by atoms with van der Waals surface area (Å²) in [5, 5.41) is 7.45. The number of nitrogens with two attached hydrogens (primary N) is 1. The van der Waals surface area contributed by atoms with Crippen LogP contribution in [-0.4, -0.2) is 14.8 Å². The molecular formula is C8H7BrN4. The van der Waals surface area contributed by atoms with Gasteiger partial charge in [-0.05, 0) is 34.1 Å². The molecule has 2 N–H and O–H groups in total. The largest absolute Gasteiger partial charge is 0.399 e. The first-order chi connectivity index (χ1) is 6.27. The Balaban J connectivity index is 2.53. The summed E-state index contributed by atoms with van der Waals surface area (Å²) < 4.78 is 2.73. The molecule has 5 heteroatoms. The highest BCUT2D eigenvalue weighted by molar-refractivity contribution is 9.10. The summed E-state index contributed by atoms with van der Waals surface area (Å²) in [6, 6.07) is 5.58. The Bertz CT molecular complexity index is 410. The standard InChI is InChI=1S/C8H7BrN4/c9-7-3-6(10)1-2-8(7)13-4-11-12-5-13/h1-5H,10H2. The second-order valence-corrected chi connectivity index (χ2v) is 3.43. The SMILES string of the molecule is Nc1ccc(-n2cnnc2)c(Br)c1. The molecule has 2 aromatic rings. The number of nitrogens with zero attached hydrogens (tertiary/aromatic N) is 3. The molecule has 0 aliphatic heterocycles. The van der Waals surface area contributed by atoms with E-state index >= 15 is 0 Å². The lowest BCUT2D eigenvalue weighted by molar-refractivity contribution is 1.05. The van der Waals surface area contributed by atoms with E-state index in [9.17, 15) is 0 Å². The van der Waals surface area contributed by atoms with Crippen LogP contribution in [0.5, 0.6) is 0 Å². The summed E-state index contributed by atoms with van der Waals surface area (Å²) in [5.74, 6) is 0. The van der Waals surface area contributed by atoms with Crippen molar-refractivity contribution < 1.29 is 0 Å². The first kappa shape index (κ1) is 8.25. The molecule has 66 valence electrons. The van der Waals surface area contributed by atoms with Gasteiger partial charge in [-0.2, -0.15) is 0 Å². The maximum absolute atomic E-state index is 5.61. The number of hydrogen-bond donors (Lipinski definition) is 1. The maximum Gasteiger partial charge on any atom is 0.123 e. The Labute approximate surface area is 83.5 Å². The molecule has 0 aliphatic rings. The Hall–Kier alpha value is -1.36. The third-order valence-corrected chi connectivity index (χ3v) is 2.30. The van der Waals surface area contributed by atoms with E-state index in [1.165, 1.54) is 0 Å². The van der Waals surface area contributed by atoms with Crippen LogP contribution in [0.4, 0.5) is 5.69 Å². The Kier molecular flexibility index (Phi) is 2.02. The van der Waals surface area contributed by atoms with Gasteiger partial charge in [0.25, 0.3) is 0 Å². The topological polar surface area (TPSA) is 56.7 Å². The van der Waals surface area contributed by atoms with Crippen molar-refractivity contribution >= 4 is 21.6 Å². The predicted molar refractivity (Wildman–Crippen MR) is 53.5 cm³/mol. The zero-order chi connectivity index (χ0) is 9.26. The summed E-state index contributed by atoms with van der Waals surface area (Å²) in [6.45, 7) is 0. The van der Waals surface area contributed by atoms with Crippen molar-refractivity contribution in [3.8, 4) is 5.69 Å². The summed E-state index contributed by atoms with van der Waals surface area (Å²) in [4.78, 5) is 0. The first-order valence-corrected chi connectivity index (χ1v) is 4.47. The van der Waals surface area contributed by atoms with Crippen molar-refractivity contribution in [3.05, 3.63) is 35.3 Å². The third kappa shape index (κ3) is 1.55. The van der Waals surface area contributed by atoms with Crippen molar-refractivity contribution in [1.82, 2.24) is 14.8 Å². The van der Waals surface area contributed by atoms with Crippen molar-refractivity contribution in [3.63, 3.8) is 0 Å². The maximum atomic E-state index is 5.61. The highest BCUT2D eigenvalue weighted by Gasteiger charge is 2.01. The fourth-order valence-corrected chi connectivity index (χ4v) is 1.66. The monoisotopic (exact) mass is 238 g/mol. The first-order valence-electron chi connectivity index (χ1n) is 3.67. The smallest absolute Gasteiger partial charge is 0.123 e. The van der Waals surface area contributed by atoms with Crippen LogP contribution < -0.4 is 5.73 Å². The molecule has 1 heterocycles. The van der Waals surface area contributed by atoms with Crippen LogP contribution in [0.1, 0.15) is 0 Å². The fourth-order valence-electron chi connectivity index (χ4n) is 1.06. The van der Waals surface area contributed by atoms with Crippen molar-refractivity contribution in [2.24, 2.45) is 0 Å². The van der Waals surface area contributed by atoms with Crippen molar-refractivity contribution in [1.29, 1.82) is 0 Å². The molecule has 0 bridgehead atoms. The lowest BCUT2D eigenvalue weighted by atomic mass is 10.3. The Morgan fingerprint density at radius 1 is 1.23 bits per heavy atom. The normalized spacial score (nSPS) is 10.2. The molecule has 2 rings (SSSR count). The summed E-state index contributed by atoms with van der Waals surface area (Å²) >= 11 is 3.41. The molecule has 4 nitrogen and oxygen atoms in total. The molecule has 0 radical (unpaired) electrons. The van der Waals surface area contributed by atoms with Gasteiger partial charge in [0.2, 0.25) is 0 Å². The van der Waals surface area contributed by atoms with Crippen LogP contribution in [0, 0.1) is 0 Å². The molecule has 0 aliphatic carbocycles. The van der Waals surface area contributed by atoms with E-state index in [4.69, 9.17) is 5.73 Å². The van der Waals surface area contributed by atoms with Crippen LogP contribution in [0.25, 0.3) is 5.69 Å². The minimum atomic E-state index is 0.726. The number of hydrogen-bond acceptors (Lipinski definition) is 3. The van der Waals surface area contributed by atoms with Gasteiger partial charge < -0.3 is 5.73 Å². The van der Waals surface area contributed by atoms with Gasteiger partial charge >= 0.3 is 0 Å². The number of rotatable bonds is 1. The summed E-state index contributed by atoms with van der Waals surface area (Å²) in [5.41, 5.74) is 7.31. The molecule has 0 unspecified atom stereocenters. The van der Waals surface area contributed by atoms with Crippen LogP contribution >= 0.6 is 15.9 Å². The zero-order valence-electron chi connectivity index (χ0n) is 6.68. The third-order valence-electron chi connectivity index (χ3n) is 1.67. The van der Waals surface area contributed by atoms with Gasteiger partial charge in [0.1, 0.15) is 12.7 Å². The predicted octanol–water partition coefficient (Wildman–Crippen LogP) is 1.61. The minimum absolute atomic E-state index is 0.726. The highest BCUT2D eigenvalue weighted by atomic mass is 79.9. The summed E-state index contributed by atoms with van der Waals surface area (Å²) in [7, 11) is 0. The van der Waals surface area contributed by atoms with E-state index < -0.39 is 0 Å². The van der Waals surface area contributed by atoms with Gasteiger partial charge in [-0.3, -0.25) is 4.57 Å². The number of aromatic nitrogens is 3. The molecule has 0 saturated carbocycles. The van der Waals surface area contributed by atoms with Gasteiger partial charge in [0.15, 0.2) is 0 Å². The van der Waals surface area contributed by atoms with Gasteiger partial charge in [-0.15, -0.1) is 10.2 Å². The van der Waals surface area contributed by atoms with Crippen molar-refractivity contribution in [2.75, 3.05) is 5.73 Å². The van der Waals surface area contributed by atoms with E-state index in [0.29, 0.717) is 0 Å². The van der Waals surface area contributed by atoms with E-state index in [1.807, 2.05) is 22.8 Å². The van der Waals surface area contributed by atoms with Crippen LogP contribution in [0.3, 0.4) is 0 Å². The highest BCUT2D eigenvalue weighted by Crippen LogP contribution is 2.22. The minimum Gasteiger partial charge on any atom is -0.399 e. The molecule has 0 spiro atoms. The van der Waals surface area contributed by atoms with Gasteiger partial charge in [-0.25, -0.2) is 0 Å². The van der Waals surface area contributed by atoms with E-state index in [0.717, 1.165) is 15.8 Å². The number of benzene rings is 1. The van der Waals surface area contributed by atoms with Crippen LogP contribution in [0.2, 0.25) is 0 Å². The van der Waals surface area contributed by atoms with Crippen molar-refractivity contribution in [2.45, 2.75) is 0 Å². The fraction of sp³-hybridized carbons (Fsp3) is 0. The quantitative estimate of drug-likeness (QED) is 0.769. The van der Waals surface area contributed by atoms with Gasteiger partial charge in [0, 0.05) is 10.2 Å². The van der Waals surface area contributed by atoms with E-state index in [1.54, 1.807) is 12.7 Å². The summed E-state index contributed by atoms with van der Waals surface area (Å²) in [6.07, 6.45) is 3.27. The lowest BCUT2D eigenvalue weighted by Crippen LogP contribution is -1.93. The second-order valence-electron chi connectivity index (χ2n) is 2.58. The number of nitrogen functional groups attached to an aromatic ring is 1. The molecule has 1 aromatic carbocycles. The molecule has 1 aromatic heterocycles. The van der Waals surface area contributed by atoms with Gasteiger partial charge in [0.05, 0.1) is 5.69 Å². The average molecular weight is 239 g/mol. The van der Waals surface area contributed by atoms with Crippen LogP contribution in [0.15, 0.2) is 35.3 Å².